The quantitative estimate of drug-likeness (QED) is 0.507. The van der Waals surface area contributed by atoms with Gasteiger partial charge in [0.1, 0.15) is 11.5 Å². The zero-order valence-electron chi connectivity index (χ0n) is 17.1. The molecule has 5 nitrogen and oxygen atoms in total. The fourth-order valence-electron chi connectivity index (χ4n) is 3.66. The summed E-state index contributed by atoms with van der Waals surface area (Å²) < 4.78 is 66.4. The lowest BCUT2D eigenvalue weighted by molar-refractivity contribution is -0.141. The number of rotatable bonds is 4. The molecule has 3 heterocycles. The molecule has 0 atom stereocenters. The lowest BCUT2D eigenvalue weighted by Crippen LogP contribution is -2.43. The second kappa shape index (κ2) is 8.33. The predicted octanol–water partition coefficient (Wildman–Crippen LogP) is 5.84. The van der Waals surface area contributed by atoms with E-state index in [9.17, 15) is 22.0 Å². The number of alkyl halides is 5. The van der Waals surface area contributed by atoms with Crippen molar-refractivity contribution in [2.24, 2.45) is 0 Å². The van der Waals surface area contributed by atoms with Crippen LogP contribution in [-0.4, -0.2) is 34.0 Å². The molecule has 0 bridgehead atoms. The summed E-state index contributed by atoms with van der Waals surface area (Å²) in [5, 5.41) is 2.81. The molecule has 0 radical (unpaired) electrons. The third-order valence-corrected chi connectivity index (χ3v) is 5.08. The number of aromatic nitrogens is 3. The Kier molecular flexibility index (Phi) is 5.70. The second-order valence-corrected chi connectivity index (χ2v) is 7.76. The topological polar surface area (TPSA) is 53.9 Å². The van der Waals surface area contributed by atoms with Crippen molar-refractivity contribution in [3.8, 4) is 11.1 Å². The van der Waals surface area contributed by atoms with Crippen LogP contribution in [0.4, 0.5) is 39.4 Å². The number of hydrogen-bond donors (Lipinski definition) is 1. The fourth-order valence-corrected chi connectivity index (χ4v) is 3.66. The van der Waals surface area contributed by atoms with Crippen LogP contribution in [0.25, 0.3) is 11.1 Å². The van der Waals surface area contributed by atoms with Crippen molar-refractivity contribution < 1.29 is 22.0 Å². The smallest absolute Gasteiger partial charge is 0.351 e. The minimum Gasteiger partial charge on any atom is -0.351 e. The average molecular weight is 449 g/mol. The van der Waals surface area contributed by atoms with Crippen molar-refractivity contribution in [2.75, 3.05) is 23.3 Å². The lowest BCUT2D eigenvalue weighted by atomic mass is 10.0. The second-order valence-electron chi connectivity index (χ2n) is 7.76. The Morgan fingerprint density at radius 3 is 2.53 bits per heavy atom. The Morgan fingerprint density at radius 1 is 1.00 bits per heavy atom. The Morgan fingerprint density at radius 2 is 1.78 bits per heavy atom. The van der Waals surface area contributed by atoms with Crippen LogP contribution in [0.2, 0.25) is 0 Å². The molecule has 10 heteroatoms. The van der Waals surface area contributed by atoms with Crippen molar-refractivity contribution in [2.45, 2.75) is 31.9 Å². The van der Waals surface area contributed by atoms with E-state index in [4.69, 9.17) is 0 Å². The highest BCUT2D eigenvalue weighted by Gasteiger charge is 2.35. The molecule has 1 aliphatic heterocycles. The molecule has 1 fully saturated rings. The third-order valence-electron chi connectivity index (χ3n) is 5.08. The molecule has 0 unspecified atom stereocenters. The third kappa shape index (κ3) is 5.12. The van der Waals surface area contributed by atoms with Gasteiger partial charge in [0.2, 0.25) is 5.95 Å². The van der Waals surface area contributed by atoms with Crippen LogP contribution in [0.3, 0.4) is 0 Å². The van der Waals surface area contributed by atoms with Crippen LogP contribution < -0.4 is 10.2 Å². The van der Waals surface area contributed by atoms with E-state index in [1.165, 1.54) is 0 Å². The van der Waals surface area contributed by atoms with Gasteiger partial charge in [0.15, 0.2) is 0 Å². The summed E-state index contributed by atoms with van der Waals surface area (Å²) in [5.74, 6) is -2.47. The zero-order valence-corrected chi connectivity index (χ0v) is 17.1. The molecule has 0 aliphatic carbocycles. The first-order valence-corrected chi connectivity index (χ1v) is 9.97. The maximum absolute atomic E-state index is 13.8. The molecule has 2 aromatic heterocycles. The van der Waals surface area contributed by atoms with E-state index in [2.05, 4.69) is 20.3 Å². The first-order chi connectivity index (χ1) is 15.1. The molecule has 1 aliphatic rings. The van der Waals surface area contributed by atoms with E-state index in [1.54, 1.807) is 35.4 Å². The Bertz CT molecular complexity index is 1120. The van der Waals surface area contributed by atoms with Gasteiger partial charge in [-0.25, -0.2) is 23.7 Å². The van der Waals surface area contributed by atoms with Crippen LogP contribution in [0.15, 0.2) is 48.8 Å². The normalized spacial score (nSPS) is 16.1. The predicted molar refractivity (Wildman–Crippen MR) is 111 cm³/mol. The highest BCUT2D eigenvalue weighted by atomic mass is 19.4. The van der Waals surface area contributed by atoms with Crippen molar-refractivity contribution in [3.63, 3.8) is 0 Å². The van der Waals surface area contributed by atoms with Gasteiger partial charge < -0.3 is 10.2 Å². The van der Waals surface area contributed by atoms with Crippen molar-refractivity contribution >= 4 is 17.5 Å². The molecule has 0 saturated carbocycles. The molecular formula is C22H20F5N5. The number of halogens is 5. The van der Waals surface area contributed by atoms with Crippen LogP contribution in [0.1, 0.15) is 24.1 Å². The van der Waals surface area contributed by atoms with E-state index in [1.807, 2.05) is 13.0 Å². The van der Waals surface area contributed by atoms with Gasteiger partial charge in [0.05, 0.1) is 6.54 Å². The SMILES string of the molecule is Cc1cc(Nc2nccc(C(F)(F)F)n2)cc(-c2ccnc(N3CCCC(F)(F)C3)c2)c1. The molecule has 1 saturated heterocycles. The van der Waals surface area contributed by atoms with Crippen LogP contribution in [-0.2, 0) is 6.18 Å². The number of anilines is 3. The van der Waals surface area contributed by atoms with Gasteiger partial charge in [0.25, 0.3) is 5.92 Å². The first kappa shape index (κ1) is 21.9. The zero-order chi connectivity index (χ0) is 22.9. The highest BCUT2D eigenvalue weighted by molar-refractivity contribution is 5.72. The number of pyridine rings is 1. The minimum absolute atomic E-state index is 0.131. The van der Waals surface area contributed by atoms with Gasteiger partial charge in [-0.2, -0.15) is 13.2 Å². The lowest BCUT2D eigenvalue weighted by Gasteiger charge is -2.33. The summed E-state index contributed by atoms with van der Waals surface area (Å²) in [6.07, 6.45) is -1.72. The number of benzene rings is 1. The van der Waals surface area contributed by atoms with Gasteiger partial charge >= 0.3 is 6.18 Å². The molecule has 0 amide bonds. The molecular weight excluding hydrogens is 429 g/mol. The number of nitrogens with zero attached hydrogens (tertiary/aromatic N) is 4. The van der Waals surface area contributed by atoms with E-state index >= 15 is 0 Å². The van der Waals surface area contributed by atoms with E-state index in [0.717, 1.165) is 29.0 Å². The van der Waals surface area contributed by atoms with Crippen molar-refractivity contribution in [3.05, 3.63) is 60.0 Å². The maximum Gasteiger partial charge on any atom is 0.433 e. The fraction of sp³-hybridized carbons (Fsp3) is 0.318. The monoisotopic (exact) mass is 449 g/mol. The molecule has 32 heavy (non-hydrogen) atoms. The number of aryl methyl sites for hydroxylation is 1. The largest absolute Gasteiger partial charge is 0.433 e. The van der Waals surface area contributed by atoms with Gasteiger partial charge in [-0.1, -0.05) is 6.07 Å². The minimum atomic E-state index is -4.57. The number of hydrogen-bond acceptors (Lipinski definition) is 5. The van der Waals surface area contributed by atoms with Crippen molar-refractivity contribution in [1.82, 2.24) is 15.0 Å². The molecule has 1 N–H and O–H groups in total. The molecule has 4 rings (SSSR count). The van der Waals surface area contributed by atoms with Crippen LogP contribution in [0.5, 0.6) is 0 Å². The van der Waals surface area contributed by atoms with Gasteiger partial charge in [-0.15, -0.1) is 0 Å². The standard InChI is InChI=1S/C22H20F5N5/c1-14-9-16(11-17(10-14)30-20-29-7-4-18(31-20)22(25,26)27)15-3-6-28-19(12-15)32-8-2-5-21(23,24)13-32/h3-4,6-7,9-12H,2,5,8,13H2,1H3,(H,29,30,31). The summed E-state index contributed by atoms with van der Waals surface area (Å²) in [5.41, 5.74) is 1.81. The van der Waals surface area contributed by atoms with E-state index in [0.29, 0.717) is 24.5 Å². The highest BCUT2D eigenvalue weighted by Crippen LogP contribution is 2.32. The summed E-state index contributed by atoms with van der Waals surface area (Å²) in [7, 11) is 0. The Balaban J connectivity index is 1.61. The van der Waals surface area contributed by atoms with Crippen LogP contribution >= 0.6 is 0 Å². The van der Waals surface area contributed by atoms with Gasteiger partial charge in [0, 0.05) is 31.0 Å². The molecule has 168 valence electrons. The van der Waals surface area contributed by atoms with E-state index in [-0.39, 0.29) is 18.9 Å². The Hall–Kier alpha value is -3.30. The number of piperidine rings is 1. The molecule has 0 spiro atoms. The van der Waals surface area contributed by atoms with E-state index < -0.39 is 17.8 Å². The summed E-state index contributed by atoms with van der Waals surface area (Å²) in [6, 6.07) is 9.67. The molecule has 1 aromatic carbocycles. The maximum atomic E-state index is 13.8. The van der Waals surface area contributed by atoms with Gasteiger partial charge in [-0.05, 0) is 60.4 Å². The first-order valence-electron chi connectivity index (χ1n) is 9.97. The summed E-state index contributed by atoms with van der Waals surface area (Å²) in [4.78, 5) is 13.2. The summed E-state index contributed by atoms with van der Waals surface area (Å²) >= 11 is 0. The Labute approximate surface area is 181 Å². The number of nitrogens with one attached hydrogen (secondary N) is 1. The average Bonchev–Trinajstić information content (AvgIpc) is 2.72. The molecule has 3 aromatic rings. The summed E-state index contributed by atoms with van der Waals surface area (Å²) in [6.45, 7) is 1.96. The van der Waals surface area contributed by atoms with Crippen molar-refractivity contribution in [1.29, 1.82) is 0 Å². The van der Waals surface area contributed by atoms with Crippen LogP contribution in [0, 0.1) is 6.92 Å². The van der Waals surface area contributed by atoms with Gasteiger partial charge in [-0.3, -0.25) is 0 Å².